The second-order valence-corrected chi connectivity index (χ2v) is 5.96. The summed E-state index contributed by atoms with van der Waals surface area (Å²) in [5.41, 5.74) is 1.81. The van der Waals surface area contributed by atoms with Gasteiger partial charge in [-0.05, 0) is 48.0 Å². The van der Waals surface area contributed by atoms with Gasteiger partial charge in [-0.25, -0.2) is 0 Å². The number of anilines is 1. The maximum atomic E-state index is 12.7. The molecule has 7 nitrogen and oxygen atoms in total. The molecule has 29 heavy (non-hydrogen) atoms. The molecule has 7 heteroatoms. The normalized spacial score (nSPS) is 10.9. The standard InChI is InChI=1S/C22H19N3O4/c1-27-19-11-14(12-20(28-2)21(19)29-3)10-15(13-23)22(26)25-18-8-4-7-17-16(18)6-5-9-24-17/h4-12H,1-3H3,(H,25,26). The molecule has 0 unspecified atom stereocenters. The molecule has 0 saturated carbocycles. The molecule has 1 heterocycles. The predicted molar refractivity (Wildman–Crippen MR) is 110 cm³/mol. The van der Waals surface area contributed by atoms with Gasteiger partial charge in [0.1, 0.15) is 11.6 Å². The van der Waals surface area contributed by atoms with Crippen molar-refractivity contribution in [3.8, 4) is 23.3 Å². The first-order chi connectivity index (χ1) is 14.1. The fraction of sp³-hybridized carbons (Fsp3) is 0.136. The number of aromatic nitrogens is 1. The van der Waals surface area contributed by atoms with Gasteiger partial charge < -0.3 is 19.5 Å². The van der Waals surface area contributed by atoms with Crippen LogP contribution in [0.3, 0.4) is 0 Å². The van der Waals surface area contributed by atoms with Crippen molar-refractivity contribution in [1.29, 1.82) is 5.26 Å². The summed E-state index contributed by atoms with van der Waals surface area (Å²) in [5.74, 6) is 0.753. The van der Waals surface area contributed by atoms with Gasteiger partial charge >= 0.3 is 0 Å². The SMILES string of the molecule is COc1cc(C=C(C#N)C(=O)Nc2cccc3ncccc23)cc(OC)c1OC. The largest absolute Gasteiger partial charge is 0.493 e. The number of hydrogen-bond acceptors (Lipinski definition) is 6. The van der Waals surface area contributed by atoms with Crippen molar-refractivity contribution in [2.24, 2.45) is 0 Å². The van der Waals surface area contributed by atoms with E-state index in [2.05, 4.69) is 10.3 Å². The quantitative estimate of drug-likeness (QED) is 0.509. The van der Waals surface area contributed by atoms with Crippen LogP contribution in [-0.2, 0) is 4.79 Å². The van der Waals surface area contributed by atoms with Gasteiger partial charge in [-0.3, -0.25) is 9.78 Å². The molecule has 0 atom stereocenters. The van der Waals surface area contributed by atoms with Gasteiger partial charge in [0.15, 0.2) is 11.5 Å². The van der Waals surface area contributed by atoms with E-state index in [1.807, 2.05) is 18.2 Å². The molecule has 2 aromatic carbocycles. The van der Waals surface area contributed by atoms with E-state index in [4.69, 9.17) is 14.2 Å². The fourth-order valence-corrected chi connectivity index (χ4v) is 2.90. The smallest absolute Gasteiger partial charge is 0.266 e. The third-order valence-electron chi connectivity index (χ3n) is 4.26. The second-order valence-electron chi connectivity index (χ2n) is 5.96. The molecular weight excluding hydrogens is 370 g/mol. The molecule has 1 N–H and O–H groups in total. The number of benzene rings is 2. The highest BCUT2D eigenvalue weighted by molar-refractivity contribution is 6.12. The van der Waals surface area contributed by atoms with Crippen LogP contribution in [0.4, 0.5) is 5.69 Å². The van der Waals surface area contributed by atoms with Crippen molar-refractivity contribution in [3.63, 3.8) is 0 Å². The van der Waals surface area contributed by atoms with Crippen LogP contribution >= 0.6 is 0 Å². The number of fused-ring (bicyclic) bond motifs is 1. The topological polar surface area (TPSA) is 93.5 Å². The van der Waals surface area contributed by atoms with Crippen LogP contribution in [0.5, 0.6) is 17.2 Å². The monoisotopic (exact) mass is 389 g/mol. The average Bonchev–Trinajstić information content (AvgIpc) is 2.76. The molecule has 1 aromatic heterocycles. The Morgan fingerprint density at radius 1 is 1.07 bits per heavy atom. The lowest BCUT2D eigenvalue weighted by atomic mass is 10.1. The Bertz CT molecular complexity index is 1100. The van der Waals surface area contributed by atoms with E-state index in [-0.39, 0.29) is 5.57 Å². The van der Waals surface area contributed by atoms with Crippen molar-refractivity contribution in [1.82, 2.24) is 4.98 Å². The number of amides is 1. The van der Waals surface area contributed by atoms with E-state index in [9.17, 15) is 10.1 Å². The molecule has 3 rings (SSSR count). The van der Waals surface area contributed by atoms with E-state index < -0.39 is 5.91 Å². The first kappa shape index (κ1) is 19.7. The van der Waals surface area contributed by atoms with Gasteiger partial charge in [0.25, 0.3) is 5.91 Å². The van der Waals surface area contributed by atoms with Crippen molar-refractivity contribution >= 4 is 28.6 Å². The molecule has 0 spiro atoms. The number of carbonyl (C=O) groups is 1. The third kappa shape index (κ3) is 4.12. The number of hydrogen-bond donors (Lipinski definition) is 1. The Hall–Kier alpha value is -4.05. The Balaban J connectivity index is 1.96. The number of nitrogens with zero attached hydrogens (tertiary/aromatic N) is 2. The number of ether oxygens (including phenoxy) is 3. The minimum atomic E-state index is -0.530. The first-order valence-corrected chi connectivity index (χ1v) is 8.68. The zero-order valence-corrected chi connectivity index (χ0v) is 16.2. The Morgan fingerprint density at radius 2 is 1.79 bits per heavy atom. The molecule has 0 aliphatic rings. The summed E-state index contributed by atoms with van der Waals surface area (Å²) in [6, 6.07) is 14.3. The van der Waals surface area contributed by atoms with Crippen LogP contribution in [0, 0.1) is 11.3 Å². The van der Waals surface area contributed by atoms with Crippen LogP contribution in [0.15, 0.2) is 54.2 Å². The van der Waals surface area contributed by atoms with Crippen LogP contribution in [0.2, 0.25) is 0 Å². The van der Waals surface area contributed by atoms with Gasteiger partial charge in [-0.15, -0.1) is 0 Å². The Morgan fingerprint density at radius 3 is 2.41 bits per heavy atom. The van der Waals surface area contributed by atoms with Crippen LogP contribution < -0.4 is 19.5 Å². The summed E-state index contributed by atoms with van der Waals surface area (Å²) in [4.78, 5) is 17.0. The summed E-state index contributed by atoms with van der Waals surface area (Å²) in [6.07, 6.45) is 3.14. The number of nitriles is 1. The van der Waals surface area contributed by atoms with Crippen molar-refractivity contribution in [2.75, 3.05) is 26.6 Å². The molecule has 0 aliphatic heterocycles. The first-order valence-electron chi connectivity index (χ1n) is 8.68. The molecule has 0 fully saturated rings. The average molecular weight is 389 g/mol. The minimum absolute atomic E-state index is 0.0693. The fourth-order valence-electron chi connectivity index (χ4n) is 2.90. The van der Waals surface area contributed by atoms with Gasteiger partial charge in [-0.2, -0.15) is 5.26 Å². The molecular formula is C22H19N3O4. The van der Waals surface area contributed by atoms with E-state index in [0.29, 0.717) is 28.5 Å². The van der Waals surface area contributed by atoms with E-state index in [1.54, 1.807) is 36.5 Å². The number of rotatable bonds is 6. The van der Waals surface area contributed by atoms with E-state index in [1.165, 1.54) is 27.4 Å². The van der Waals surface area contributed by atoms with Crippen molar-refractivity contribution in [2.45, 2.75) is 0 Å². The summed E-state index contributed by atoms with van der Waals surface area (Å²) >= 11 is 0. The predicted octanol–water partition coefficient (Wildman–Crippen LogP) is 3.81. The van der Waals surface area contributed by atoms with E-state index >= 15 is 0 Å². The van der Waals surface area contributed by atoms with Crippen molar-refractivity contribution < 1.29 is 19.0 Å². The van der Waals surface area contributed by atoms with Crippen molar-refractivity contribution in [3.05, 3.63) is 59.8 Å². The summed E-state index contributed by atoms with van der Waals surface area (Å²) in [5, 5.41) is 13.1. The molecule has 0 aliphatic carbocycles. The third-order valence-corrected chi connectivity index (χ3v) is 4.26. The lowest BCUT2D eigenvalue weighted by Gasteiger charge is -2.13. The summed E-state index contributed by atoms with van der Waals surface area (Å²) in [6.45, 7) is 0. The minimum Gasteiger partial charge on any atom is -0.493 e. The van der Waals surface area contributed by atoms with Gasteiger partial charge in [0.05, 0.1) is 32.5 Å². The highest BCUT2D eigenvalue weighted by Crippen LogP contribution is 2.38. The molecule has 0 saturated heterocycles. The highest BCUT2D eigenvalue weighted by Gasteiger charge is 2.15. The lowest BCUT2D eigenvalue weighted by molar-refractivity contribution is -0.112. The Kier molecular flexibility index (Phi) is 5.95. The maximum Gasteiger partial charge on any atom is 0.266 e. The maximum absolute atomic E-state index is 12.7. The molecule has 0 radical (unpaired) electrons. The summed E-state index contributed by atoms with van der Waals surface area (Å²) in [7, 11) is 4.50. The number of methoxy groups -OCH3 is 3. The molecule has 3 aromatic rings. The zero-order valence-electron chi connectivity index (χ0n) is 16.2. The van der Waals surface area contributed by atoms with E-state index in [0.717, 1.165) is 10.9 Å². The highest BCUT2D eigenvalue weighted by atomic mass is 16.5. The lowest BCUT2D eigenvalue weighted by Crippen LogP contribution is -2.13. The number of carbonyl (C=O) groups excluding carboxylic acids is 1. The van der Waals surface area contributed by atoms with Crippen LogP contribution in [0.25, 0.3) is 17.0 Å². The van der Waals surface area contributed by atoms with Gasteiger partial charge in [0, 0.05) is 11.6 Å². The van der Waals surface area contributed by atoms with Crippen LogP contribution in [0.1, 0.15) is 5.56 Å². The Labute approximate surface area is 168 Å². The summed E-state index contributed by atoms with van der Waals surface area (Å²) < 4.78 is 15.9. The zero-order chi connectivity index (χ0) is 20.8. The number of nitrogens with one attached hydrogen (secondary N) is 1. The van der Waals surface area contributed by atoms with Crippen LogP contribution in [-0.4, -0.2) is 32.2 Å². The van der Waals surface area contributed by atoms with Gasteiger partial charge in [-0.1, -0.05) is 6.07 Å². The second kappa shape index (κ2) is 8.76. The molecule has 0 bridgehead atoms. The molecule has 146 valence electrons. The molecule has 1 amide bonds. The van der Waals surface area contributed by atoms with Gasteiger partial charge in [0.2, 0.25) is 5.75 Å². The number of pyridine rings is 1.